The first-order valence-corrected chi connectivity index (χ1v) is 7.09. The Bertz CT molecular complexity index is 712. The Morgan fingerprint density at radius 2 is 2.14 bits per heavy atom. The summed E-state index contributed by atoms with van der Waals surface area (Å²) in [6.07, 6.45) is 1.50. The van der Waals surface area contributed by atoms with E-state index < -0.39 is 5.97 Å². The van der Waals surface area contributed by atoms with Gasteiger partial charge in [-0.05, 0) is 30.8 Å². The van der Waals surface area contributed by atoms with Crippen molar-refractivity contribution >= 4 is 23.8 Å². The molecule has 1 heterocycles. The van der Waals surface area contributed by atoms with Gasteiger partial charge >= 0.3 is 5.97 Å². The van der Waals surface area contributed by atoms with Crippen molar-refractivity contribution in [3.63, 3.8) is 0 Å². The molecule has 0 unspecified atom stereocenters. The highest BCUT2D eigenvalue weighted by atomic mass is 32.2. The lowest BCUT2D eigenvalue weighted by atomic mass is 10.1. The first-order valence-electron chi connectivity index (χ1n) is 6.28. The Balaban J connectivity index is 2.40. The van der Waals surface area contributed by atoms with Gasteiger partial charge in [-0.15, -0.1) is 5.10 Å². The van der Waals surface area contributed by atoms with Crippen LogP contribution < -0.4 is 9.47 Å². The summed E-state index contributed by atoms with van der Waals surface area (Å²) in [5.74, 6) is 0.541. The second-order valence-electron chi connectivity index (χ2n) is 4.20. The maximum Gasteiger partial charge on any atom is 0.342 e. The maximum atomic E-state index is 11.4. The summed E-state index contributed by atoms with van der Waals surface area (Å²) < 4.78 is 10.5. The zero-order valence-electron chi connectivity index (χ0n) is 12.3. The summed E-state index contributed by atoms with van der Waals surface area (Å²) in [4.78, 5) is 15.6. The number of carbonyl (C=O) groups is 1. The van der Waals surface area contributed by atoms with Crippen LogP contribution in [0.1, 0.15) is 11.4 Å². The smallest absolute Gasteiger partial charge is 0.342 e. The van der Waals surface area contributed by atoms with Gasteiger partial charge in [0.2, 0.25) is 5.16 Å². The van der Waals surface area contributed by atoms with Crippen LogP contribution in [-0.4, -0.2) is 40.5 Å². The number of aryl methyl sites for hydroxylation is 1. The Kier molecular flexibility index (Phi) is 5.05. The Labute approximate surface area is 131 Å². The fourth-order valence-corrected chi connectivity index (χ4v) is 2.51. The highest BCUT2D eigenvalue weighted by molar-refractivity contribution is 8.04. The number of nitrogens with zero attached hydrogens (tertiary/aromatic N) is 2. The number of ether oxygens (including phenoxy) is 2. The van der Waals surface area contributed by atoms with E-state index in [1.165, 1.54) is 20.3 Å². The number of methoxy groups -OCH3 is 2. The number of thioether (sulfide) groups is 1. The molecule has 2 aromatic rings. The summed E-state index contributed by atoms with van der Waals surface area (Å²) in [5, 5.41) is 16.3. The van der Waals surface area contributed by atoms with E-state index >= 15 is 0 Å². The lowest BCUT2D eigenvalue weighted by Crippen LogP contribution is -1.99. The van der Waals surface area contributed by atoms with Crippen molar-refractivity contribution in [1.29, 1.82) is 0 Å². The van der Waals surface area contributed by atoms with Crippen LogP contribution in [0.2, 0.25) is 0 Å². The van der Waals surface area contributed by atoms with Gasteiger partial charge in [-0.3, -0.25) is 5.10 Å². The average molecular weight is 321 g/mol. The topological polar surface area (TPSA) is 97.3 Å². The number of rotatable bonds is 6. The predicted octanol–water partition coefficient (Wildman–Crippen LogP) is 2.35. The van der Waals surface area contributed by atoms with Gasteiger partial charge in [-0.1, -0.05) is 12.1 Å². The SMILES string of the molecule is COc1cccc(/C=C(/Sc2n[nH]c(C)n2)C(=O)O)c1OC. The molecule has 0 atom stereocenters. The quantitative estimate of drug-likeness (QED) is 0.622. The second kappa shape index (κ2) is 6.99. The van der Waals surface area contributed by atoms with Crippen LogP contribution in [-0.2, 0) is 4.79 Å². The molecule has 8 heteroatoms. The van der Waals surface area contributed by atoms with Crippen LogP contribution >= 0.6 is 11.8 Å². The van der Waals surface area contributed by atoms with Crippen molar-refractivity contribution < 1.29 is 19.4 Å². The number of aromatic amines is 1. The highest BCUT2D eigenvalue weighted by Gasteiger charge is 2.15. The van der Waals surface area contributed by atoms with Crippen LogP contribution in [0.5, 0.6) is 11.5 Å². The normalized spacial score (nSPS) is 11.3. The third-order valence-electron chi connectivity index (χ3n) is 2.71. The molecule has 22 heavy (non-hydrogen) atoms. The number of hydrogen-bond donors (Lipinski definition) is 2. The van der Waals surface area contributed by atoms with Crippen molar-refractivity contribution in [3.05, 3.63) is 34.5 Å². The molecule has 1 aromatic heterocycles. The van der Waals surface area contributed by atoms with E-state index in [2.05, 4.69) is 15.2 Å². The zero-order chi connectivity index (χ0) is 16.1. The fraction of sp³-hybridized carbons (Fsp3) is 0.214. The van der Waals surface area contributed by atoms with Gasteiger partial charge in [0.1, 0.15) is 10.7 Å². The van der Waals surface area contributed by atoms with Gasteiger partial charge < -0.3 is 14.6 Å². The summed E-state index contributed by atoms with van der Waals surface area (Å²) in [6.45, 7) is 1.74. The van der Waals surface area contributed by atoms with Gasteiger partial charge in [0.05, 0.1) is 14.2 Å². The third kappa shape index (κ3) is 3.59. The molecule has 0 saturated carbocycles. The number of carboxylic acids is 1. The third-order valence-corrected chi connectivity index (χ3v) is 3.59. The van der Waals surface area contributed by atoms with E-state index in [1.807, 2.05) is 0 Å². The molecule has 1 aromatic carbocycles. The van der Waals surface area contributed by atoms with Crippen LogP contribution in [0.3, 0.4) is 0 Å². The van der Waals surface area contributed by atoms with E-state index in [-0.39, 0.29) is 4.91 Å². The number of carboxylic acid groups (broad SMARTS) is 1. The molecule has 0 bridgehead atoms. The van der Waals surface area contributed by atoms with Crippen molar-refractivity contribution in [2.24, 2.45) is 0 Å². The molecule has 0 aliphatic heterocycles. The molecule has 0 spiro atoms. The number of nitrogens with one attached hydrogen (secondary N) is 1. The van der Waals surface area contributed by atoms with Crippen molar-refractivity contribution in [3.8, 4) is 11.5 Å². The first-order chi connectivity index (χ1) is 10.5. The van der Waals surface area contributed by atoms with Crippen LogP contribution in [0, 0.1) is 6.92 Å². The van der Waals surface area contributed by atoms with Gasteiger partial charge in [0.25, 0.3) is 0 Å². The standard InChI is InChI=1S/C14H15N3O4S/c1-8-15-14(17-16-8)22-11(13(18)19)7-9-5-4-6-10(20-2)12(9)21-3/h4-7H,1-3H3,(H,18,19)(H,15,16,17)/b11-7+. The zero-order valence-corrected chi connectivity index (χ0v) is 13.1. The maximum absolute atomic E-state index is 11.4. The van der Waals surface area contributed by atoms with Crippen LogP contribution in [0.4, 0.5) is 0 Å². The second-order valence-corrected chi connectivity index (χ2v) is 5.21. The minimum absolute atomic E-state index is 0.0746. The molecule has 7 nitrogen and oxygen atoms in total. The molecule has 0 saturated heterocycles. The average Bonchev–Trinajstić information content (AvgIpc) is 2.91. The Hall–Kier alpha value is -2.48. The molecule has 2 N–H and O–H groups in total. The minimum Gasteiger partial charge on any atom is -0.493 e. The minimum atomic E-state index is -1.07. The number of hydrogen-bond acceptors (Lipinski definition) is 6. The van der Waals surface area contributed by atoms with E-state index in [0.717, 1.165) is 11.8 Å². The number of aliphatic carboxylic acids is 1. The molecule has 0 aliphatic carbocycles. The van der Waals surface area contributed by atoms with Crippen molar-refractivity contribution in [2.45, 2.75) is 12.1 Å². The monoisotopic (exact) mass is 321 g/mol. The van der Waals surface area contributed by atoms with Gasteiger partial charge in [-0.2, -0.15) is 0 Å². The molecule has 116 valence electrons. The molecule has 2 rings (SSSR count). The molecular weight excluding hydrogens is 306 g/mol. The summed E-state index contributed by atoms with van der Waals surface area (Å²) in [5.41, 5.74) is 0.596. The van der Waals surface area contributed by atoms with Gasteiger partial charge in [0, 0.05) is 5.56 Å². The molecule has 0 radical (unpaired) electrons. The lowest BCUT2D eigenvalue weighted by Gasteiger charge is -2.10. The Morgan fingerprint density at radius 3 is 2.68 bits per heavy atom. The van der Waals surface area contributed by atoms with Crippen molar-refractivity contribution in [1.82, 2.24) is 15.2 Å². The highest BCUT2D eigenvalue weighted by Crippen LogP contribution is 2.34. The largest absolute Gasteiger partial charge is 0.493 e. The molecular formula is C14H15N3O4S. The summed E-state index contributed by atoms with van der Waals surface area (Å²) >= 11 is 0.957. The number of para-hydroxylation sites is 1. The first kappa shape index (κ1) is 15.9. The lowest BCUT2D eigenvalue weighted by molar-refractivity contribution is -0.131. The Morgan fingerprint density at radius 1 is 1.36 bits per heavy atom. The van der Waals surface area contributed by atoms with E-state index in [4.69, 9.17) is 9.47 Å². The van der Waals surface area contributed by atoms with Gasteiger partial charge in [0.15, 0.2) is 11.5 Å². The van der Waals surface area contributed by atoms with E-state index in [1.54, 1.807) is 25.1 Å². The summed E-state index contributed by atoms with van der Waals surface area (Å²) in [7, 11) is 3.02. The molecule has 0 fully saturated rings. The van der Waals surface area contributed by atoms with E-state index in [0.29, 0.717) is 28.0 Å². The van der Waals surface area contributed by atoms with Crippen LogP contribution in [0.15, 0.2) is 28.3 Å². The van der Waals surface area contributed by atoms with Crippen LogP contribution in [0.25, 0.3) is 6.08 Å². The van der Waals surface area contributed by atoms with E-state index in [9.17, 15) is 9.90 Å². The fourth-order valence-electron chi connectivity index (χ4n) is 1.77. The molecule has 0 amide bonds. The number of aromatic nitrogens is 3. The number of benzene rings is 1. The number of H-pyrrole nitrogens is 1. The molecule has 0 aliphatic rings. The summed E-state index contributed by atoms with van der Waals surface area (Å²) in [6, 6.07) is 5.24. The van der Waals surface area contributed by atoms with Gasteiger partial charge in [-0.25, -0.2) is 9.78 Å². The predicted molar refractivity (Wildman–Crippen MR) is 82.1 cm³/mol. The van der Waals surface area contributed by atoms with Crippen molar-refractivity contribution in [2.75, 3.05) is 14.2 Å².